The third-order valence-electron chi connectivity index (χ3n) is 2.90. The van der Waals surface area contributed by atoms with Gasteiger partial charge in [0.2, 0.25) is 5.91 Å². The molecule has 0 atom stereocenters. The summed E-state index contributed by atoms with van der Waals surface area (Å²) >= 11 is 0. The van der Waals surface area contributed by atoms with Crippen LogP contribution >= 0.6 is 0 Å². The molecule has 1 amide bonds. The second-order valence-electron chi connectivity index (χ2n) is 4.47. The second kappa shape index (κ2) is 6.99. The molecular weight excluding hydrogens is 228 g/mol. The standard InChI is InChI=1S/C14H22N2O2/c1-4-9-15(10-5-2)14(18)11-16-12(3)7-6-8-13(16)17/h6-8H,4-5,9-11H2,1-3H3. The Morgan fingerprint density at radius 2 is 1.83 bits per heavy atom. The van der Waals surface area contributed by atoms with Crippen molar-refractivity contribution in [2.24, 2.45) is 0 Å². The zero-order chi connectivity index (χ0) is 13.5. The number of nitrogens with zero attached hydrogens (tertiary/aromatic N) is 2. The summed E-state index contributed by atoms with van der Waals surface area (Å²) in [6, 6.07) is 5.05. The molecule has 4 heteroatoms. The first-order valence-corrected chi connectivity index (χ1v) is 6.54. The molecule has 100 valence electrons. The number of amides is 1. The Bertz CT molecular complexity index is 445. The molecule has 1 rings (SSSR count). The maximum atomic E-state index is 12.2. The number of hydrogen-bond donors (Lipinski definition) is 0. The zero-order valence-electron chi connectivity index (χ0n) is 11.5. The predicted molar refractivity (Wildman–Crippen MR) is 72.6 cm³/mol. The highest BCUT2D eigenvalue weighted by Gasteiger charge is 2.13. The van der Waals surface area contributed by atoms with Gasteiger partial charge in [-0.3, -0.25) is 9.59 Å². The lowest BCUT2D eigenvalue weighted by atomic mass is 10.3. The molecule has 0 aliphatic rings. The largest absolute Gasteiger partial charge is 0.341 e. The average Bonchev–Trinajstić information content (AvgIpc) is 2.33. The fourth-order valence-electron chi connectivity index (χ4n) is 1.96. The van der Waals surface area contributed by atoms with Gasteiger partial charge in [0.15, 0.2) is 0 Å². The van der Waals surface area contributed by atoms with Gasteiger partial charge in [0.05, 0.1) is 0 Å². The summed E-state index contributed by atoms with van der Waals surface area (Å²) in [5.41, 5.74) is 0.708. The second-order valence-corrected chi connectivity index (χ2v) is 4.47. The Kier molecular flexibility index (Phi) is 5.62. The van der Waals surface area contributed by atoms with Crippen molar-refractivity contribution in [3.63, 3.8) is 0 Å². The van der Waals surface area contributed by atoms with Gasteiger partial charge >= 0.3 is 0 Å². The lowest BCUT2D eigenvalue weighted by Gasteiger charge is -2.22. The van der Waals surface area contributed by atoms with Crippen molar-refractivity contribution in [2.45, 2.75) is 40.2 Å². The van der Waals surface area contributed by atoms with Gasteiger partial charge in [-0.2, -0.15) is 0 Å². The van der Waals surface area contributed by atoms with Crippen LogP contribution in [0.5, 0.6) is 0 Å². The quantitative estimate of drug-likeness (QED) is 0.772. The Morgan fingerprint density at radius 1 is 1.22 bits per heavy atom. The van der Waals surface area contributed by atoms with E-state index in [-0.39, 0.29) is 18.0 Å². The normalized spacial score (nSPS) is 10.4. The van der Waals surface area contributed by atoms with Gasteiger partial charge in [0.1, 0.15) is 6.54 Å². The van der Waals surface area contributed by atoms with Crippen LogP contribution in [0.3, 0.4) is 0 Å². The van der Waals surface area contributed by atoms with Crippen LogP contribution in [0.4, 0.5) is 0 Å². The lowest BCUT2D eigenvalue weighted by molar-refractivity contribution is -0.132. The van der Waals surface area contributed by atoms with Gasteiger partial charge < -0.3 is 9.47 Å². The summed E-state index contributed by atoms with van der Waals surface area (Å²) in [4.78, 5) is 25.7. The Balaban J connectivity index is 2.82. The molecule has 18 heavy (non-hydrogen) atoms. The first-order chi connectivity index (χ1) is 8.60. The van der Waals surface area contributed by atoms with E-state index in [0.29, 0.717) is 0 Å². The molecule has 0 aliphatic carbocycles. The van der Waals surface area contributed by atoms with Crippen LogP contribution in [0.2, 0.25) is 0 Å². The molecule has 0 saturated carbocycles. The SMILES string of the molecule is CCCN(CCC)C(=O)Cn1c(C)cccc1=O. The van der Waals surface area contributed by atoms with E-state index >= 15 is 0 Å². The van der Waals surface area contributed by atoms with E-state index in [0.717, 1.165) is 31.6 Å². The number of rotatable bonds is 6. The molecule has 0 spiro atoms. The minimum atomic E-state index is -0.115. The van der Waals surface area contributed by atoms with E-state index in [1.165, 1.54) is 10.6 Å². The predicted octanol–water partition coefficient (Wildman–Crippen LogP) is 1.81. The molecule has 1 aromatic rings. The van der Waals surface area contributed by atoms with Gasteiger partial charge in [-0.05, 0) is 25.8 Å². The highest BCUT2D eigenvalue weighted by molar-refractivity contribution is 5.76. The van der Waals surface area contributed by atoms with Crippen LogP contribution < -0.4 is 5.56 Å². The van der Waals surface area contributed by atoms with Gasteiger partial charge in [-0.1, -0.05) is 19.9 Å². The third-order valence-corrected chi connectivity index (χ3v) is 2.90. The average molecular weight is 250 g/mol. The molecule has 1 heterocycles. The van der Waals surface area contributed by atoms with Crippen LogP contribution in [-0.4, -0.2) is 28.5 Å². The van der Waals surface area contributed by atoms with Crippen molar-refractivity contribution in [3.05, 3.63) is 34.2 Å². The molecule has 0 saturated heterocycles. The van der Waals surface area contributed by atoms with Crippen LogP contribution in [0.15, 0.2) is 23.0 Å². The molecule has 0 aliphatic heterocycles. The van der Waals surface area contributed by atoms with Crippen LogP contribution in [0, 0.1) is 6.92 Å². The van der Waals surface area contributed by atoms with Crippen molar-refractivity contribution >= 4 is 5.91 Å². The summed E-state index contributed by atoms with van der Waals surface area (Å²) in [5.74, 6) is 0.0232. The van der Waals surface area contributed by atoms with Crippen molar-refractivity contribution < 1.29 is 4.79 Å². The van der Waals surface area contributed by atoms with Crippen LogP contribution in [-0.2, 0) is 11.3 Å². The summed E-state index contributed by atoms with van der Waals surface area (Å²) < 4.78 is 1.53. The number of carbonyl (C=O) groups excluding carboxylic acids is 1. The van der Waals surface area contributed by atoms with Crippen molar-refractivity contribution in [3.8, 4) is 0 Å². The zero-order valence-corrected chi connectivity index (χ0v) is 11.5. The van der Waals surface area contributed by atoms with Crippen LogP contribution in [0.25, 0.3) is 0 Å². The van der Waals surface area contributed by atoms with Gasteiger partial charge in [-0.25, -0.2) is 0 Å². The Morgan fingerprint density at radius 3 is 2.33 bits per heavy atom. The van der Waals surface area contributed by atoms with E-state index in [1.807, 2.05) is 17.9 Å². The molecule has 0 radical (unpaired) electrons. The monoisotopic (exact) mass is 250 g/mol. The number of carbonyl (C=O) groups is 1. The minimum Gasteiger partial charge on any atom is -0.341 e. The van der Waals surface area contributed by atoms with E-state index in [1.54, 1.807) is 6.07 Å². The number of aryl methyl sites for hydroxylation is 1. The fraction of sp³-hybridized carbons (Fsp3) is 0.571. The fourth-order valence-corrected chi connectivity index (χ4v) is 1.96. The van der Waals surface area contributed by atoms with Crippen molar-refractivity contribution in [1.82, 2.24) is 9.47 Å². The smallest absolute Gasteiger partial charge is 0.251 e. The van der Waals surface area contributed by atoms with E-state index in [4.69, 9.17) is 0 Å². The Labute approximate surface area is 108 Å². The van der Waals surface area contributed by atoms with Gasteiger partial charge in [0, 0.05) is 24.8 Å². The first kappa shape index (κ1) is 14.5. The molecule has 0 aromatic carbocycles. The number of pyridine rings is 1. The molecule has 4 nitrogen and oxygen atoms in total. The molecule has 0 N–H and O–H groups in total. The summed E-state index contributed by atoms with van der Waals surface area (Å²) in [6.45, 7) is 7.61. The van der Waals surface area contributed by atoms with E-state index < -0.39 is 0 Å². The summed E-state index contributed by atoms with van der Waals surface area (Å²) in [6.07, 6.45) is 1.88. The highest BCUT2D eigenvalue weighted by Crippen LogP contribution is 2.00. The van der Waals surface area contributed by atoms with Crippen molar-refractivity contribution in [1.29, 1.82) is 0 Å². The van der Waals surface area contributed by atoms with Gasteiger partial charge in [0.25, 0.3) is 5.56 Å². The van der Waals surface area contributed by atoms with E-state index in [9.17, 15) is 9.59 Å². The third kappa shape index (κ3) is 3.72. The first-order valence-electron chi connectivity index (χ1n) is 6.54. The molecule has 0 unspecified atom stereocenters. The maximum Gasteiger partial charge on any atom is 0.251 e. The molecular formula is C14H22N2O2. The van der Waals surface area contributed by atoms with Crippen molar-refractivity contribution in [2.75, 3.05) is 13.1 Å². The molecule has 0 fully saturated rings. The summed E-state index contributed by atoms with van der Waals surface area (Å²) in [7, 11) is 0. The lowest BCUT2D eigenvalue weighted by Crippen LogP contribution is -2.37. The topological polar surface area (TPSA) is 42.3 Å². The number of hydrogen-bond acceptors (Lipinski definition) is 2. The molecule has 1 aromatic heterocycles. The van der Waals surface area contributed by atoms with Crippen LogP contribution in [0.1, 0.15) is 32.4 Å². The highest BCUT2D eigenvalue weighted by atomic mass is 16.2. The molecule has 0 bridgehead atoms. The Hall–Kier alpha value is -1.58. The van der Waals surface area contributed by atoms with Gasteiger partial charge in [-0.15, -0.1) is 0 Å². The summed E-state index contributed by atoms with van der Waals surface area (Å²) in [5, 5.41) is 0. The minimum absolute atomic E-state index is 0.0232. The number of aromatic nitrogens is 1. The van der Waals surface area contributed by atoms with E-state index in [2.05, 4.69) is 13.8 Å². The maximum absolute atomic E-state index is 12.2.